The molecule has 2 aliphatic rings. The monoisotopic (exact) mass is 346 g/mol. The SMILES string of the molecule is O=CO.OC[C@]12COCC[C@H]1CN(CCc1c[nH]c3ccccc13)C2. The van der Waals surface area contributed by atoms with Crippen molar-refractivity contribution in [3.63, 3.8) is 0 Å². The van der Waals surface area contributed by atoms with E-state index >= 15 is 0 Å². The predicted octanol–water partition coefficient (Wildman–Crippen LogP) is 1.74. The molecule has 6 nitrogen and oxygen atoms in total. The molecule has 0 unspecified atom stereocenters. The molecule has 0 amide bonds. The van der Waals surface area contributed by atoms with Crippen molar-refractivity contribution in [1.82, 2.24) is 9.88 Å². The minimum atomic E-state index is -0.250. The third-order valence-corrected chi connectivity index (χ3v) is 5.57. The summed E-state index contributed by atoms with van der Waals surface area (Å²) in [6.45, 7) is 4.70. The first-order valence-electron chi connectivity index (χ1n) is 8.76. The van der Waals surface area contributed by atoms with Gasteiger partial charge in [0, 0.05) is 48.8 Å². The number of likely N-dealkylation sites (tertiary alicyclic amines) is 1. The van der Waals surface area contributed by atoms with Crippen LogP contribution in [0.25, 0.3) is 10.9 Å². The van der Waals surface area contributed by atoms with Crippen molar-refractivity contribution in [2.75, 3.05) is 39.5 Å². The molecule has 0 spiro atoms. The number of benzene rings is 1. The Morgan fingerprint density at radius 1 is 1.40 bits per heavy atom. The van der Waals surface area contributed by atoms with E-state index in [4.69, 9.17) is 14.6 Å². The minimum absolute atomic E-state index is 0.0154. The molecular weight excluding hydrogens is 320 g/mol. The Bertz CT molecular complexity index is 702. The smallest absolute Gasteiger partial charge is 0.290 e. The molecule has 0 saturated carbocycles. The van der Waals surface area contributed by atoms with E-state index in [1.807, 2.05) is 0 Å². The van der Waals surface area contributed by atoms with Crippen LogP contribution in [0.15, 0.2) is 30.5 Å². The maximum atomic E-state index is 9.85. The van der Waals surface area contributed by atoms with Crippen LogP contribution in [0.2, 0.25) is 0 Å². The second-order valence-electron chi connectivity index (χ2n) is 7.01. The maximum absolute atomic E-state index is 9.85. The van der Waals surface area contributed by atoms with Crippen molar-refractivity contribution in [2.24, 2.45) is 11.3 Å². The van der Waals surface area contributed by atoms with Crippen LogP contribution in [0.4, 0.5) is 0 Å². The highest BCUT2D eigenvalue weighted by molar-refractivity contribution is 5.83. The van der Waals surface area contributed by atoms with Gasteiger partial charge in [-0.15, -0.1) is 0 Å². The fourth-order valence-electron chi connectivity index (χ4n) is 4.22. The number of H-pyrrole nitrogens is 1. The summed E-state index contributed by atoms with van der Waals surface area (Å²) in [7, 11) is 0. The van der Waals surface area contributed by atoms with Crippen LogP contribution in [0, 0.1) is 11.3 Å². The van der Waals surface area contributed by atoms with Crippen molar-refractivity contribution >= 4 is 17.4 Å². The number of aliphatic hydroxyl groups excluding tert-OH is 1. The topological polar surface area (TPSA) is 85.8 Å². The Hall–Kier alpha value is -1.89. The standard InChI is InChI=1S/C18H24N2O2.CH2O2/c21-12-18-11-20(10-15(18)6-8-22-13-18)7-5-14-9-19-17-4-2-1-3-16(14)17;2-1-3/h1-4,9,15,19,21H,5-8,10-13H2;1H,(H,2,3)/t15-,18+;/m0./s1. The summed E-state index contributed by atoms with van der Waals surface area (Å²) >= 11 is 0. The summed E-state index contributed by atoms with van der Waals surface area (Å²) in [6.07, 6.45) is 4.28. The Labute approximate surface area is 147 Å². The van der Waals surface area contributed by atoms with Gasteiger partial charge in [0.2, 0.25) is 0 Å². The Morgan fingerprint density at radius 2 is 2.20 bits per heavy atom. The van der Waals surface area contributed by atoms with Gasteiger partial charge in [0.15, 0.2) is 0 Å². The van der Waals surface area contributed by atoms with Crippen LogP contribution >= 0.6 is 0 Å². The number of fused-ring (bicyclic) bond motifs is 2. The highest BCUT2D eigenvalue weighted by Gasteiger charge is 2.47. The normalized spacial score (nSPS) is 26.0. The lowest BCUT2D eigenvalue weighted by molar-refractivity contribution is -0.122. The molecular formula is C19H26N2O4. The number of hydrogen-bond acceptors (Lipinski definition) is 4. The van der Waals surface area contributed by atoms with E-state index < -0.39 is 0 Å². The number of carboxylic acid groups (broad SMARTS) is 1. The lowest BCUT2D eigenvalue weighted by Gasteiger charge is -2.36. The Balaban J connectivity index is 0.000000569. The number of nitrogens with zero attached hydrogens (tertiary/aromatic N) is 1. The third kappa shape index (κ3) is 3.71. The molecule has 3 N–H and O–H groups in total. The van der Waals surface area contributed by atoms with E-state index in [2.05, 4.69) is 40.3 Å². The maximum Gasteiger partial charge on any atom is 0.290 e. The van der Waals surface area contributed by atoms with Crippen LogP contribution in [-0.2, 0) is 16.0 Å². The minimum Gasteiger partial charge on any atom is -0.483 e. The van der Waals surface area contributed by atoms with E-state index in [0.717, 1.165) is 45.7 Å². The van der Waals surface area contributed by atoms with Crippen LogP contribution in [0.3, 0.4) is 0 Å². The number of nitrogens with one attached hydrogen (secondary N) is 1. The Morgan fingerprint density at radius 3 is 2.96 bits per heavy atom. The molecule has 0 aliphatic carbocycles. The number of aromatic amines is 1. The molecule has 3 heterocycles. The lowest BCUT2D eigenvalue weighted by atomic mass is 9.76. The van der Waals surface area contributed by atoms with Crippen molar-refractivity contribution in [3.8, 4) is 0 Å². The number of carbonyl (C=O) groups is 1. The molecule has 6 heteroatoms. The first kappa shape index (κ1) is 17.9. The van der Waals surface area contributed by atoms with Crippen LogP contribution in [0.5, 0.6) is 0 Å². The zero-order valence-corrected chi connectivity index (χ0v) is 14.4. The molecule has 1 aromatic heterocycles. The number of aliphatic hydroxyl groups is 1. The molecule has 0 bridgehead atoms. The second kappa shape index (κ2) is 7.99. The summed E-state index contributed by atoms with van der Waals surface area (Å²) in [5, 5.41) is 18.1. The molecule has 2 saturated heterocycles. The molecule has 0 radical (unpaired) electrons. The fourth-order valence-corrected chi connectivity index (χ4v) is 4.22. The molecule has 2 atom stereocenters. The molecule has 25 heavy (non-hydrogen) atoms. The number of aromatic nitrogens is 1. The third-order valence-electron chi connectivity index (χ3n) is 5.57. The first-order valence-corrected chi connectivity index (χ1v) is 8.76. The van der Waals surface area contributed by atoms with Gasteiger partial charge in [0.1, 0.15) is 0 Å². The largest absolute Gasteiger partial charge is 0.483 e. The molecule has 2 aliphatic heterocycles. The van der Waals surface area contributed by atoms with Crippen LogP contribution in [-0.4, -0.2) is 66.0 Å². The van der Waals surface area contributed by atoms with Crippen molar-refractivity contribution in [1.29, 1.82) is 0 Å². The highest BCUT2D eigenvalue weighted by atomic mass is 16.5. The van der Waals surface area contributed by atoms with E-state index in [0.29, 0.717) is 5.92 Å². The zero-order valence-electron chi connectivity index (χ0n) is 14.4. The second-order valence-corrected chi connectivity index (χ2v) is 7.01. The quantitative estimate of drug-likeness (QED) is 0.734. The summed E-state index contributed by atoms with van der Waals surface area (Å²) < 4.78 is 5.64. The molecule has 136 valence electrons. The van der Waals surface area contributed by atoms with E-state index in [1.165, 1.54) is 16.5 Å². The van der Waals surface area contributed by atoms with Crippen LogP contribution in [0.1, 0.15) is 12.0 Å². The van der Waals surface area contributed by atoms with Crippen molar-refractivity contribution in [3.05, 3.63) is 36.0 Å². The summed E-state index contributed by atoms with van der Waals surface area (Å²) in [5.74, 6) is 0.592. The number of hydrogen-bond donors (Lipinski definition) is 3. The summed E-state index contributed by atoms with van der Waals surface area (Å²) in [5.41, 5.74) is 2.59. The van der Waals surface area contributed by atoms with Crippen molar-refractivity contribution < 1.29 is 19.7 Å². The van der Waals surface area contributed by atoms with Gasteiger partial charge in [0.25, 0.3) is 6.47 Å². The zero-order chi connectivity index (χ0) is 17.7. The lowest BCUT2D eigenvalue weighted by Crippen LogP contribution is -2.43. The molecule has 1 aromatic carbocycles. The van der Waals surface area contributed by atoms with E-state index in [9.17, 15) is 5.11 Å². The molecule has 2 aromatic rings. The molecule has 2 fully saturated rings. The Kier molecular flexibility index (Phi) is 5.73. The van der Waals surface area contributed by atoms with Crippen LogP contribution < -0.4 is 0 Å². The number of rotatable bonds is 4. The average Bonchev–Trinajstić information content (AvgIpc) is 3.22. The number of para-hydroxylation sites is 1. The van der Waals surface area contributed by atoms with Gasteiger partial charge in [-0.1, -0.05) is 18.2 Å². The predicted molar refractivity (Wildman–Crippen MR) is 95.6 cm³/mol. The van der Waals surface area contributed by atoms with E-state index in [1.54, 1.807) is 0 Å². The van der Waals surface area contributed by atoms with Gasteiger partial charge in [-0.25, -0.2) is 0 Å². The van der Waals surface area contributed by atoms with Gasteiger partial charge >= 0.3 is 0 Å². The average molecular weight is 346 g/mol. The van der Waals surface area contributed by atoms with Gasteiger partial charge in [0.05, 0.1) is 13.2 Å². The number of ether oxygens (including phenoxy) is 1. The van der Waals surface area contributed by atoms with Gasteiger partial charge < -0.3 is 24.8 Å². The highest BCUT2D eigenvalue weighted by Crippen LogP contribution is 2.40. The van der Waals surface area contributed by atoms with Gasteiger partial charge in [-0.3, -0.25) is 4.79 Å². The molecule has 4 rings (SSSR count). The van der Waals surface area contributed by atoms with Gasteiger partial charge in [-0.2, -0.15) is 0 Å². The fraction of sp³-hybridized carbons (Fsp3) is 0.526. The van der Waals surface area contributed by atoms with Gasteiger partial charge in [-0.05, 0) is 30.4 Å². The summed E-state index contributed by atoms with van der Waals surface area (Å²) in [4.78, 5) is 14.2. The first-order chi connectivity index (χ1) is 12.2. The van der Waals surface area contributed by atoms with Crippen molar-refractivity contribution in [2.45, 2.75) is 12.8 Å². The summed E-state index contributed by atoms with van der Waals surface area (Å²) in [6, 6.07) is 8.48. The van der Waals surface area contributed by atoms with E-state index in [-0.39, 0.29) is 18.5 Å².